The van der Waals surface area contributed by atoms with Gasteiger partial charge in [0.2, 0.25) is 0 Å². The molecule has 1 aromatic rings. The summed E-state index contributed by atoms with van der Waals surface area (Å²) in [5.41, 5.74) is 1.10. The smallest absolute Gasteiger partial charge is 0.407 e. The van der Waals surface area contributed by atoms with E-state index in [1.165, 1.54) is 4.90 Å². The fourth-order valence-electron chi connectivity index (χ4n) is 2.37. The summed E-state index contributed by atoms with van der Waals surface area (Å²) in [5, 5.41) is 9.13. The molecule has 1 heterocycles. The van der Waals surface area contributed by atoms with Crippen LogP contribution in [0.2, 0.25) is 0 Å². The van der Waals surface area contributed by atoms with Crippen LogP contribution in [0, 0.1) is 0 Å². The molecule has 1 saturated heterocycles. The number of nitrogens with zero attached hydrogens (tertiary/aromatic N) is 1. The van der Waals surface area contributed by atoms with Gasteiger partial charge in [-0.15, -0.1) is 0 Å². The number of carboxylic acid groups (broad SMARTS) is 1. The molecule has 0 bridgehead atoms. The SMILES string of the molecule is COCC1CC(OCc2ccccc2)CN1C(=O)O. The molecular formula is C14H19NO4. The predicted octanol–water partition coefficient (Wildman–Crippen LogP) is 1.97. The van der Waals surface area contributed by atoms with E-state index in [9.17, 15) is 4.79 Å². The monoisotopic (exact) mass is 265 g/mol. The number of carbonyl (C=O) groups is 1. The first-order valence-electron chi connectivity index (χ1n) is 6.34. The molecular weight excluding hydrogens is 246 g/mol. The molecule has 0 radical (unpaired) electrons. The number of benzene rings is 1. The van der Waals surface area contributed by atoms with Crippen molar-refractivity contribution in [2.45, 2.75) is 25.2 Å². The summed E-state index contributed by atoms with van der Waals surface area (Å²) < 4.78 is 10.8. The molecule has 2 atom stereocenters. The van der Waals surface area contributed by atoms with Gasteiger partial charge in [0.05, 0.1) is 31.9 Å². The van der Waals surface area contributed by atoms with E-state index in [-0.39, 0.29) is 12.1 Å². The van der Waals surface area contributed by atoms with Crippen LogP contribution in [-0.2, 0) is 16.1 Å². The van der Waals surface area contributed by atoms with Crippen LogP contribution < -0.4 is 0 Å². The zero-order valence-electron chi connectivity index (χ0n) is 11.0. The van der Waals surface area contributed by atoms with Crippen LogP contribution in [0.4, 0.5) is 4.79 Å². The first kappa shape index (κ1) is 13.8. The quantitative estimate of drug-likeness (QED) is 0.884. The summed E-state index contributed by atoms with van der Waals surface area (Å²) in [6.07, 6.45) is -0.281. The molecule has 1 N–H and O–H groups in total. The highest BCUT2D eigenvalue weighted by Gasteiger charge is 2.35. The number of hydrogen-bond acceptors (Lipinski definition) is 3. The van der Waals surface area contributed by atoms with Gasteiger partial charge in [-0.25, -0.2) is 4.79 Å². The van der Waals surface area contributed by atoms with Crippen molar-refractivity contribution in [1.29, 1.82) is 0 Å². The minimum atomic E-state index is -0.909. The van der Waals surface area contributed by atoms with Crippen molar-refractivity contribution in [3.63, 3.8) is 0 Å². The third-order valence-electron chi connectivity index (χ3n) is 3.31. The zero-order chi connectivity index (χ0) is 13.7. The molecule has 104 valence electrons. The Bertz CT molecular complexity index is 409. The van der Waals surface area contributed by atoms with Crippen LogP contribution in [0.15, 0.2) is 30.3 Å². The highest BCUT2D eigenvalue weighted by atomic mass is 16.5. The van der Waals surface area contributed by atoms with Crippen molar-refractivity contribution in [3.05, 3.63) is 35.9 Å². The Morgan fingerprint density at radius 2 is 2.16 bits per heavy atom. The topological polar surface area (TPSA) is 59.0 Å². The summed E-state index contributed by atoms with van der Waals surface area (Å²) in [5.74, 6) is 0. The van der Waals surface area contributed by atoms with E-state index in [2.05, 4.69) is 0 Å². The van der Waals surface area contributed by atoms with Crippen LogP contribution in [0.1, 0.15) is 12.0 Å². The van der Waals surface area contributed by atoms with Gasteiger partial charge in [0.1, 0.15) is 0 Å². The summed E-state index contributed by atoms with van der Waals surface area (Å²) in [4.78, 5) is 12.5. The summed E-state index contributed by atoms with van der Waals surface area (Å²) in [7, 11) is 1.58. The Balaban J connectivity index is 1.87. The molecule has 1 amide bonds. The maximum atomic E-state index is 11.1. The molecule has 5 nitrogen and oxygen atoms in total. The second-order valence-electron chi connectivity index (χ2n) is 4.70. The van der Waals surface area contributed by atoms with E-state index in [0.717, 1.165) is 5.56 Å². The van der Waals surface area contributed by atoms with E-state index in [1.807, 2.05) is 30.3 Å². The number of likely N-dealkylation sites (tertiary alicyclic amines) is 1. The van der Waals surface area contributed by atoms with Gasteiger partial charge in [0, 0.05) is 7.11 Å². The third kappa shape index (κ3) is 3.68. The Kier molecular flexibility index (Phi) is 4.76. The Labute approximate surface area is 112 Å². The normalized spacial score (nSPS) is 22.7. The Morgan fingerprint density at radius 3 is 2.79 bits per heavy atom. The average Bonchev–Trinajstić information content (AvgIpc) is 2.81. The number of amides is 1. The molecule has 0 spiro atoms. The highest BCUT2D eigenvalue weighted by Crippen LogP contribution is 2.21. The minimum absolute atomic E-state index is 0.0588. The minimum Gasteiger partial charge on any atom is -0.465 e. The van der Waals surface area contributed by atoms with Crippen LogP contribution in [0.25, 0.3) is 0 Å². The third-order valence-corrected chi connectivity index (χ3v) is 3.31. The lowest BCUT2D eigenvalue weighted by molar-refractivity contribution is 0.0464. The largest absolute Gasteiger partial charge is 0.465 e. The number of methoxy groups -OCH3 is 1. The second-order valence-corrected chi connectivity index (χ2v) is 4.70. The highest BCUT2D eigenvalue weighted by molar-refractivity contribution is 5.66. The van der Waals surface area contributed by atoms with Gasteiger partial charge >= 0.3 is 6.09 Å². The van der Waals surface area contributed by atoms with Gasteiger partial charge in [-0.1, -0.05) is 30.3 Å². The Morgan fingerprint density at radius 1 is 1.42 bits per heavy atom. The molecule has 1 fully saturated rings. The Hall–Kier alpha value is -1.59. The maximum absolute atomic E-state index is 11.1. The van der Waals surface area contributed by atoms with Crippen LogP contribution in [0.3, 0.4) is 0 Å². The van der Waals surface area contributed by atoms with Crippen LogP contribution >= 0.6 is 0 Å². The van der Waals surface area contributed by atoms with Gasteiger partial charge in [-0.2, -0.15) is 0 Å². The van der Waals surface area contributed by atoms with Gasteiger partial charge < -0.3 is 19.5 Å². The first-order chi connectivity index (χ1) is 9.20. The standard InChI is InChI=1S/C14H19NO4/c1-18-10-12-7-13(8-15(12)14(16)17)19-9-11-5-3-2-4-6-11/h2-6,12-13H,7-10H2,1H3,(H,16,17). The van der Waals surface area contributed by atoms with E-state index < -0.39 is 6.09 Å². The van der Waals surface area contributed by atoms with Crippen molar-refractivity contribution in [3.8, 4) is 0 Å². The number of hydrogen-bond donors (Lipinski definition) is 1. The summed E-state index contributed by atoms with van der Waals surface area (Å²) in [6.45, 7) is 1.34. The van der Waals surface area contributed by atoms with E-state index >= 15 is 0 Å². The average molecular weight is 265 g/mol. The number of rotatable bonds is 5. The first-order valence-corrected chi connectivity index (χ1v) is 6.34. The summed E-state index contributed by atoms with van der Waals surface area (Å²) in [6, 6.07) is 9.77. The molecule has 1 aromatic carbocycles. The van der Waals surface area contributed by atoms with Crippen LogP contribution in [0.5, 0.6) is 0 Å². The van der Waals surface area contributed by atoms with Crippen molar-refractivity contribution in [2.24, 2.45) is 0 Å². The van der Waals surface area contributed by atoms with Gasteiger partial charge in [-0.05, 0) is 12.0 Å². The van der Waals surface area contributed by atoms with Gasteiger partial charge in [-0.3, -0.25) is 0 Å². The molecule has 2 rings (SSSR count). The summed E-state index contributed by atoms with van der Waals surface area (Å²) >= 11 is 0. The molecule has 0 aliphatic carbocycles. The molecule has 19 heavy (non-hydrogen) atoms. The van der Waals surface area contributed by atoms with Crippen molar-refractivity contribution in [2.75, 3.05) is 20.3 Å². The second kappa shape index (κ2) is 6.54. The van der Waals surface area contributed by atoms with Crippen molar-refractivity contribution >= 4 is 6.09 Å². The zero-order valence-corrected chi connectivity index (χ0v) is 11.0. The van der Waals surface area contributed by atoms with Gasteiger partial charge in [0.15, 0.2) is 0 Å². The van der Waals surface area contributed by atoms with Crippen molar-refractivity contribution < 1.29 is 19.4 Å². The molecule has 0 saturated carbocycles. The fraction of sp³-hybridized carbons (Fsp3) is 0.500. The lowest BCUT2D eigenvalue weighted by Gasteiger charge is -2.19. The molecule has 1 aliphatic heterocycles. The lowest BCUT2D eigenvalue weighted by atomic mass is 10.2. The lowest BCUT2D eigenvalue weighted by Crippen LogP contribution is -2.37. The van der Waals surface area contributed by atoms with Gasteiger partial charge in [0.25, 0.3) is 0 Å². The van der Waals surface area contributed by atoms with E-state index in [4.69, 9.17) is 14.6 Å². The molecule has 2 unspecified atom stereocenters. The van der Waals surface area contributed by atoms with E-state index in [1.54, 1.807) is 7.11 Å². The maximum Gasteiger partial charge on any atom is 0.407 e. The van der Waals surface area contributed by atoms with Crippen molar-refractivity contribution in [1.82, 2.24) is 4.90 Å². The molecule has 1 aliphatic rings. The fourth-order valence-corrected chi connectivity index (χ4v) is 2.37. The predicted molar refractivity (Wildman–Crippen MR) is 70.0 cm³/mol. The van der Waals surface area contributed by atoms with E-state index in [0.29, 0.717) is 26.2 Å². The molecule has 0 aromatic heterocycles. The molecule has 5 heteroatoms. The van der Waals surface area contributed by atoms with Crippen LogP contribution in [-0.4, -0.2) is 48.5 Å². The number of ether oxygens (including phenoxy) is 2.